The van der Waals surface area contributed by atoms with Crippen molar-refractivity contribution in [2.45, 2.75) is 45.9 Å². The SMILES string of the molecule is CC1(C)Cc2cc3n(c2C1)CCN(c1cc(F)cc(-c2nc(Nc4ccc(N5CCN(C6COC6)CC5)cc4)c4[nH]cnc4n2)c1CO)C3=O. The van der Waals surface area contributed by atoms with Gasteiger partial charge >= 0.3 is 0 Å². The van der Waals surface area contributed by atoms with Gasteiger partial charge in [-0.1, -0.05) is 13.8 Å². The molecule has 9 rings (SSSR count). The molecule has 3 aromatic heterocycles. The number of rotatable bonds is 7. The summed E-state index contributed by atoms with van der Waals surface area (Å²) in [6.07, 6.45) is 3.38. The summed E-state index contributed by atoms with van der Waals surface area (Å²) in [5.41, 5.74) is 7.15. The third-order valence-electron chi connectivity index (χ3n) is 10.7. The lowest BCUT2D eigenvalue weighted by Crippen LogP contribution is -2.56. The summed E-state index contributed by atoms with van der Waals surface area (Å²) < 4.78 is 23.0. The molecule has 5 aromatic rings. The summed E-state index contributed by atoms with van der Waals surface area (Å²) in [4.78, 5) is 37.4. The standard InChI is InChI=1S/C37H40FN9O3/c1-37(2)16-22-13-30-36(49)47(12-11-46(30)31(22)17-37)29-15-23(38)14-27(28(29)18-48)33-42-34-32(39-21-40-34)35(43-33)41-24-3-5-25(6-4-24)44-7-9-45(10-8-44)26-19-50-20-26/h3-6,13-15,21,26,48H,7-12,16-20H2,1-2H3,(H2,39,40,41,42,43). The van der Waals surface area contributed by atoms with Gasteiger partial charge in [0, 0.05) is 67.5 Å². The van der Waals surface area contributed by atoms with Crippen LogP contribution in [-0.2, 0) is 30.7 Å². The van der Waals surface area contributed by atoms with Gasteiger partial charge in [0.25, 0.3) is 5.91 Å². The van der Waals surface area contributed by atoms with E-state index in [4.69, 9.17) is 9.72 Å². The molecule has 13 heteroatoms. The fraction of sp³-hybridized carbons (Fsp3) is 0.405. The van der Waals surface area contributed by atoms with Crippen LogP contribution in [0.4, 0.5) is 27.3 Å². The molecule has 2 aromatic carbocycles. The predicted octanol–water partition coefficient (Wildman–Crippen LogP) is 4.50. The molecule has 1 amide bonds. The number of nitrogens with one attached hydrogen (secondary N) is 2. The molecule has 2 saturated heterocycles. The van der Waals surface area contributed by atoms with Gasteiger partial charge in [-0.2, -0.15) is 0 Å². The first-order valence-electron chi connectivity index (χ1n) is 17.4. The molecule has 0 radical (unpaired) electrons. The topological polar surface area (TPSA) is 128 Å². The normalized spacial score (nSPS) is 19.2. The van der Waals surface area contributed by atoms with Crippen LogP contribution in [0, 0.1) is 11.2 Å². The number of amides is 1. The molecule has 0 atom stereocenters. The van der Waals surface area contributed by atoms with Crippen LogP contribution in [0.3, 0.4) is 0 Å². The highest BCUT2D eigenvalue weighted by Crippen LogP contribution is 2.41. The second-order valence-electron chi connectivity index (χ2n) is 14.6. The van der Waals surface area contributed by atoms with Gasteiger partial charge in [-0.15, -0.1) is 0 Å². The van der Waals surface area contributed by atoms with Crippen LogP contribution in [0.5, 0.6) is 0 Å². The van der Waals surface area contributed by atoms with Crippen molar-refractivity contribution in [1.82, 2.24) is 29.4 Å². The average Bonchev–Trinajstić information content (AvgIpc) is 3.77. The van der Waals surface area contributed by atoms with E-state index < -0.39 is 12.4 Å². The first-order valence-corrected chi connectivity index (χ1v) is 17.4. The zero-order chi connectivity index (χ0) is 34.1. The smallest absolute Gasteiger partial charge is 0.274 e. The van der Waals surface area contributed by atoms with Gasteiger partial charge in [-0.05, 0) is 66.3 Å². The van der Waals surface area contributed by atoms with Gasteiger partial charge in [0.05, 0.1) is 37.9 Å². The minimum Gasteiger partial charge on any atom is -0.392 e. The van der Waals surface area contributed by atoms with Crippen LogP contribution in [0.25, 0.3) is 22.6 Å². The molecule has 0 saturated carbocycles. The Labute approximate surface area is 288 Å². The largest absolute Gasteiger partial charge is 0.392 e. The highest BCUT2D eigenvalue weighted by Gasteiger charge is 2.37. The third kappa shape index (κ3) is 5.31. The van der Waals surface area contributed by atoms with E-state index in [1.54, 1.807) is 4.90 Å². The Kier molecular flexibility index (Phi) is 7.41. The van der Waals surface area contributed by atoms with Gasteiger partial charge in [0.1, 0.15) is 17.0 Å². The molecular weight excluding hydrogens is 637 g/mol. The van der Waals surface area contributed by atoms with Crippen molar-refractivity contribution in [2.24, 2.45) is 5.41 Å². The third-order valence-corrected chi connectivity index (χ3v) is 10.7. The minimum absolute atomic E-state index is 0.169. The van der Waals surface area contributed by atoms with Gasteiger partial charge in [0.2, 0.25) is 0 Å². The zero-order valence-electron chi connectivity index (χ0n) is 28.2. The van der Waals surface area contributed by atoms with Gasteiger partial charge in [-0.25, -0.2) is 19.3 Å². The maximum absolute atomic E-state index is 15.5. The summed E-state index contributed by atoms with van der Waals surface area (Å²) in [6.45, 7) is 10.7. The number of fused-ring (bicyclic) bond motifs is 4. The van der Waals surface area contributed by atoms with Crippen molar-refractivity contribution < 1.29 is 19.0 Å². The maximum atomic E-state index is 15.5. The Morgan fingerprint density at radius 2 is 1.82 bits per heavy atom. The van der Waals surface area contributed by atoms with Crippen LogP contribution >= 0.6 is 0 Å². The molecule has 0 spiro atoms. The van der Waals surface area contributed by atoms with Crippen molar-refractivity contribution in [2.75, 3.05) is 61.1 Å². The number of piperazine rings is 1. The van der Waals surface area contributed by atoms with Crippen LogP contribution in [0.1, 0.15) is 41.2 Å². The molecule has 50 heavy (non-hydrogen) atoms. The molecular formula is C37H40FN9O3. The van der Waals surface area contributed by atoms with Crippen LogP contribution in [0.15, 0.2) is 48.8 Å². The Bertz CT molecular complexity index is 2110. The second kappa shape index (κ2) is 11.9. The summed E-state index contributed by atoms with van der Waals surface area (Å²) in [6, 6.07) is 13.4. The number of aromatic amines is 1. The van der Waals surface area contributed by atoms with E-state index in [0.717, 1.165) is 63.6 Å². The number of nitrogens with zero attached hydrogens (tertiary/aromatic N) is 7. The molecule has 0 bridgehead atoms. The Morgan fingerprint density at radius 1 is 1.02 bits per heavy atom. The van der Waals surface area contributed by atoms with Crippen molar-refractivity contribution in [3.05, 3.63) is 77.1 Å². The number of aliphatic hydroxyl groups excluding tert-OH is 1. The molecule has 6 heterocycles. The Morgan fingerprint density at radius 3 is 2.56 bits per heavy atom. The van der Waals surface area contributed by atoms with E-state index in [1.807, 2.05) is 18.2 Å². The number of ether oxygens (including phenoxy) is 1. The molecule has 0 unspecified atom stereocenters. The van der Waals surface area contributed by atoms with E-state index in [-0.39, 0.29) is 17.1 Å². The number of hydrogen-bond donors (Lipinski definition) is 3. The lowest BCUT2D eigenvalue weighted by atomic mass is 9.90. The number of aliphatic hydroxyl groups is 1. The van der Waals surface area contributed by atoms with Crippen LogP contribution < -0.4 is 15.1 Å². The lowest BCUT2D eigenvalue weighted by Gasteiger charge is -2.43. The van der Waals surface area contributed by atoms with Crippen LogP contribution in [-0.4, -0.2) is 92.4 Å². The van der Waals surface area contributed by atoms with Crippen molar-refractivity contribution >= 4 is 40.0 Å². The van der Waals surface area contributed by atoms with E-state index in [1.165, 1.54) is 29.7 Å². The highest BCUT2D eigenvalue weighted by molar-refractivity contribution is 6.07. The molecule has 3 aliphatic heterocycles. The zero-order valence-corrected chi connectivity index (χ0v) is 28.2. The van der Waals surface area contributed by atoms with Crippen molar-refractivity contribution in [3.8, 4) is 11.4 Å². The van der Waals surface area contributed by atoms with Crippen molar-refractivity contribution in [1.29, 1.82) is 0 Å². The fourth-order valence-electron chi connectivity index (χ4n) is 8.09. The molecule has 258 valence electrons. The number of carbonyl (C=O) groups excluding carboxylic acids is 1. The van der Waals surface area contributed by atoms with E-state index >= 15 is 4.39 Å². The number of hydrogen-bond acceptors (Lipinski definition) is 9. The van der Waals surface area contributed by atoms with E-state index in [2.05, 4.69) is 60.6 Å². The monoisotopic (exact) mass is 677 g/mol. The predicted molar refractivity (Wildman–Crippen MR) is 188 cm³/mol. The number of halogens is 1. The average molecular weight is 678 g/mol. The summed E-state index contributed by atoms with van der Waals surface area (Å²) >= 11 is 0. The number of imidazole rings is 1. The van der Waals surface area contributed by atoms with Crippen LogP contribution in [0.2, 0.25) is 0 Å². The molecule has 3 N–H and O–H groups in total. The van der Waals surface area contributed by atoms with Gasteiger partial charge in [0.15, 0.2) is 17.3 Å². The lowest BCUT2D eigenvalue weighted by molar-refractivity contribution is -0.0660. The number of anilines is 4. The fourth-order valence-corrected chi connectivity index (χ4v) is 8.09. The molecule has 4 aliphatic rings. The first-order chi connectivity index (χ1) is 24.2. The minimum atomic E-state index is -0.553. The molecule has 1 aliphatic carbocycles. The highest BCUT2D eigenvalue weighted by atomic mass is 19.1. The second-order valence-corrected chi connectivity index (χ2v) is 14.6. The number of carbonyl (C=O) groups is 1. The Balaban J connectivity index is 1.00. The van der Waals surface area contributed by atoms with E-state index in [0.29, 0.717) is 58.6 Å². The van der Waals surface area contributed by atoms with Gasteiger partial charge in [-0.3, -0.25) is 9.69 Å². The Hall–Kier alpha value is -4.85. The number of benzene rings is 2. The number of H-pyrrole nitrogens is 1. The summed E-state index contributed by atoms with van der Waals surface area (Å²) in [7, 11) is 0. The quantitative estimate of drug-likeness (QED) is 0.228. The molecule has 12 nitrogen and oxygen atoms in total. The summed E-state index contributed by atoms with van der Waals surface area (Å²) in [5.74, 6) is -0.107. The maximum Gasteiger partial charge on any atom is 0.274 e. The number of aromatic nitrogens is 5. The molecule has 2 fully saturated rings. The summed E-state index contributed by atoms with van der Waals surface area (Å²) in [5, 5.41) is 14.1. The van der Waals surface area contributed by atoms with E-state index in [9.17, 15) is 9.90 Å². The van der Waals surface area contributed by atoms with Crippen molar-refractivity contribution in [3.63, 3.8) is 0 Å². The first kappa shape index (κ1) is 31.2. The van der Waals surface area contributed by atoms with Gasteiger partial charge < -0.3 is 34.5 Å².